The van der Waals surface area contributed by atoms with Crippen molar-refractivity contribution in [3.63, 3.8) is 0 Å². The summed E-state index contributed by atoms with van der Waals surface area (Å²) in [7, 11) is 1.58. The van der Waals surface area contributed by atoms with Gasteiger partial charge in [-0.25, -0.2) is 0 Å². The van der Waals surface area contributed by atoms with E-state index in [-0.39, 0.29) is 13.2 Å². The van der Waals surface area contributed by atoms with Crippen LogP contribution in [0.15, 0.2) is 34.9 Å². The molecule has 0 aliphatic carbocycles. The summed E-state index contributed by atoms with van der Waals surface area (Å²) < 4.78 is 16.0. The Labute approximate surface area is 118 Å². The van der Waals surface area contributed by atoms with Crippen LogP contribution in [0.1, 0.15) is 11.3 Å². The van der Waals surface area contributed by atoms with Crippen LogP contribution in [0.2, 0.25) is 0 Å². The Balaban J connectivity index is 2.06. The van der Waals surface area contributed by atoms with Crippen molar-refractivity contribution in [1.82, 2.24) is 0 Å². The maximum absolute atomic E-state index is 8.83. The predicted octanol–water partition coefficient (Wildman–Crippen LogP) is 2.58. The van der Waals surface area contributed by atoms with E-state index in [0.29, 0.717) is 18.0 Å². The molecule has 0 aliphatic rings. The maximum atomic E-state index is 8.83. The standard InChI is InChI=1S/C15H19NO4/c1-11-5-7-19-15(11)10-16-12-3-4-13(18-2)14(9-12)20-8-6-17/h3-5,7,9,16-17H,6,8,10H2,1-2H3. The summed E-state index contributed by atoms with van der Waals surface area (Å²) in [5, 5.41) is 12.1. The summed E-state index contributed by atoms with van der Waals surface area (Å²) in [5.41, 5.74) is 2.01. The minimum atomic E-state index is -0.0353. The molecule has 1 heterocycles. The number of rotatable bonds is 7. The van der Waals surface area contributed by atoms with Gasteiger partial charge in [-0.1, -0.05) is 0 Å². The molecule has 1 aromatic heterocycles. The van der Waals surface area contributed by atoms with Gasteiger partial charge in [0.25, 0.3) is 0 Å². The molecule has 2 aromatic rings. The molecule has 0 saturated carbocycles. The molecule has 0 radical (unpaired) electrons. The van der Waals surface area contributed by atoms with Crippen LogP contribution in [0.5, 0.6) is 11.5 Å². The fourth-order valence-corrected chi connectivity index (χ4v) is 1.82. The molecule has 0 atom stereocenters. The zero-order valence-electron chi connectivity index (χ0n) is 11.7. The Kier molecular flexibility index (Phi) is 4.90. The molecule has 108 valence electrons. The van der Waals surface area contributed by atoms with Crippen LogP contribution in [-0.2, 0) is 6.54 Å². The van der Waals surface area contributed by atoms with Gasteiger partial charge in [-0.15, -0.1) is 0 Å². The molecule has 5 nitrogen and oxygen atoms in total. The van der Waals surface area contributed by atoms with E-state index in [1.54, 1.807) is 13.4 Å². The molecule has 0 amide bonds. The van der Waals surface area contributed by atoms with Crippen molar-refractivity contribution in [1.29, 1.82) is 0 Å². The van der Waals surface area contributed by atoms with Crippen molar-refractivity contribution in [3.05, 3.63) is 41.9 Å². The van der Waals surface area contributed by atoms with Gasteiger partial charge in [0, 0.05) is 11.8 Å². The molecule has 0 unspecified atom stereocenters. The Hall–Kier alpha value is -2.14. The quantitative estimate of drug-likeness (QED) is 0.814. The van der Waals surface area contributed by atoms with E-state index in [0.717, 1.165) is 17.0 Å². The van der Waals surface area contributed by atoms with E-state index in [1.807, 2.05) is 31.2 Å². The minimum Gasteiger partial charge on any atom is -0.493 e. The highest BCUT2D eigenvalue weighted by atomic mass is 16.5. The van der Waals surface area contributed by atoms with Crippen LogP contribution in [-0.4, -0.2) is 25.4 Å². The highest BCUT2D eigenvalue weighted by molar-refractivity contribution is 5.54. The van der Waals surface area contributed by atoms with Gasteiger partial charge in [0.2, 0.25) is 0 Å². The molecular formula is C15H19NO4. The average Bonchev–Trinajstić information content (AvgIpc) is 2.88. The second-order valence-corrected chi connectivity index (χ2v) is 4.32. The SMILES string of the molecule is COc1ccc(NCc2occc2C)cc1OCCO. The van der Waals surface area contributed by atoms with Gasteiger partial charge < -0.3 is 24.3 Å². The lowest BCUT2D eigenvalue weighted by atomic mass is 10.2. The number of methoxy groups -OCH3 is 1. The summed E-state index contributed by atoms with van der Waals surface area (Å²) in [4.78, 5) is 0. The first-order valence-electron chi connectivity index (χ1n) is 6.43. The molecule has 20 heavy (non-hydrogen) atoms. The smallest absolute Gasteiger partial charge is 0.163 e. The van der Waals surface area contributed by atoms with Crippen LogP contribution in [0.3, 0.4) is 0 Å². The first-order chi connectivity index (χ1) is 9.74. The summed E-state index contributed by atoms with van der Waals surface area (Å²) in [6.07, 6.45) is 1.68. The first kappa shape index (κ1) is 14.3. The number of hydrogen-bond donors (Lipinski definition) is 2. The van der Waals surface area contributed by atoms with Crippen molar-refractivity contribution in [2.75, 3.05) is 25.6 Å². The Morgan fingerprint density at radius 1 is 1.25 bits per heavy atom. The third-order valence-electron chi connectivity index (χ3n) is 2.93. The van der Waals surface area contributed by atoms with Crippen molar-refractivity contribution in [3.8, 4) is 11.5 Å². The fourth-order valence-electron chi connectivity index (χ4n) is 1.82. The highest BCUT2D eigenvalue weighted by Crippen LogP contribution is 2.30. The van der Waals surface area contributed by atoms with E-state index >= 15 is 0 Å². The number of aryl methyl sites for hydroxylation is 1. The number of furan rings is 1. The predicted molar refractivity (Wildman–Crippen MR) is 76.3 cm³/mol. The zero-order chi connectivity index (χ0) is 14.4. The molecule has 0 fully saturated rings. The van der Waals surface area contributed by atoms with E-state index < -0.39 is 0 Å². The lowest BCUT2D eigenvalue weighted by molar-refractivity contribution is 0.196. The van der Waals surface area contributed by atoms with Gasteiger partial charge in [0.05, 0.1) is 26.5 Å². The number of hydrogen-bond acceptors (Lipinski definition) is 5. The zero-order valence-corrected chi connectivity index (χ0v) is 11.7. The summed E-state index contributed by atoms with van der Waals surface area (Å²) in [6.45, 7) is 2.80. The molecule has 5 heteroatoms. The second kappa shape index (κ2) is 6.86. The summed E-state index contributed by atoms with van der Waals surface area (Å²) in [6, 6.07) is 7.50. The number of anilines is 1. The van der Waals surface area contributed by atoms with Crippen LogP contribution in [0, 0.1) is 6.92 Å². The number of nitrogens with one attached hydrogen (secondary N) is 1. The Morgan fingerprint density at radius 3 is 2.75 bits per heavy atom. The van der Waals surface area contributed by atoms with Gasteiger partial charge >= 0.3 is 0 Å². The molecule has 0 aliphatic heterocycles. The summed E-state index contributed by atoms with van der Waals surface area (Å²) >= 11 is 0. The summed E-state index contributed by atoms with van der Waals surface area (Å²) in [5.74, 6) is 2.14. The number of aliphatic hydroxyl groups is 1. The molecule has 1 aromatic carbocycles. The molecule has 0 saturated heterocycles. The van der Waals surface area contributed by atoms with Crippen LogP contribution < -0.4 is 14.8 Å². The molecular weight excluding hydrogens is 258 g/mol. The van der Waals surface area contributed by atoms with Crippen LogP contribution in [0.4, 0.5) is 5.69 Å². The van der Waals surface area contributed by atoms with Crippen LogP contribution >= 0.6 is 0 Å². The lowest BCUT2D eigenvalue weighted by Crippen LogP contribution is -2.04. The van der Waals surface area contributed by atoms with Crippen LogP contribution in [0.25, 0.3) is 0 Å². The van der Waals surface area contributed by atoms with E-state index in [9.17, 15) is 0 Å². The van der Waals surface area contributed by atoms with Crippen molar-refractivity contribution < 1.29 is 19.0 Å². The maximum Gasteiger partial charge on any atom is 0.163 e. The van der Waals surface area contributed by atoms with Crippen molar-refractivity contribution >= 4 is 5.69 Å². The first-order valence-corrected chi connectivity index (χ1v) is 6.43. The van der Waals surface area contributed by atoms with E-state index in [2.05, 4.69) is 5.32 Å². The molecule has 2 rings (SSSR count). The Morgan fingerprint density at radius 2 is 2.10 bits per heavy atom. The van der Waals surface area contributed by atoms with Gasteiger partial charge in [0.1, 0.15) is 12.4 Å². The lowest BCUT2D eigenvalue weighted by Gasteiger charge is -2.12. The van der Waals surface area contributed by atoms with E-state index in [1.165, 1.54) is 0 Å². The van der Waals surface area contributed by atoms with Gasteiger partial charge in [-0.3, -0.25) is 0 Å². The number of ether oxygens (including phenoxy) is 2. The molecule has 2 N–H and O–H groups in total. The third kappa shape index (κ3) is 3.45. The highest BCUT2D eigenvalue weighted by Gasteiger charge is 2.07. The normalized spacial score (nSPS) is 10.3. The molecule has 0 spiro atoms. The average molecular weight is 277 g/mol. The monoisotopic (exact) mass is 277 g/mol. The number of benzene rings is 1. The van der Waals surface area contributed by atoms with Gasteiger partial charge in [-0.05, 0) is 30.7 Å². The van der Waals surface area contributed by atoms with Crippen molar-refractivity contribution in [2.24, 2.45) is 0 Å². The molecule has 0 bridgehead atoms. The second-order valence-electron chi connectivity index (χ2n) is 4.32. The fraction of sp³-hybridized carbons (Fsp3) is 0.333. The largest absolute Gasteiger partial charge is 0.493 e. The third-order valence-corrected chi connectivity index (χ3v) is 2.93. The number of aliphatic hydroxyl groups excluding tert-OH is 1. The van der Waals surface area contributed by atoms with Crippen molar-refractivity contribution in [2.45, 2.75) is 13.5 Å². The topological polar surface area (TPSA) is 63.9 Å². The minimum absolute atomic E-state index is 0.0353. The van der Waals surface area contributed by atoms with E-state index in [4.69, 9.17) is 19.0 Å². The Bertz CT molecular complexity index is 551. The van der Waals surface area contributed by atoms with Gasteiger partial charge in [-0.2, -0.15) is 0 Å². The van der Waals surface area contributed by atoms with Gasteiger partial charge in [0.15, 0.2) is 11.5 Å².